The molecule has 0 heterocycles. The summed E-state index contributed by atoms with van der Waals surface area (Å²) in [6.07, 6.45) is -3.18. The smallest absolute Gasteiger partial charge is 0.338 e. The Balaban J connectivity index is 2.95. The molecule has 0 aliphatic heterocycles. The van der Waals surface area contributed by atoms with E-state index < -0.39 is 41.6 Å². The van der Waals surface area contributed by atoms with Crippen LogP contribution in [-0.4, -0.2) is 17.2 Å². The number of benzene rings is 1. The Morgan fingerprint density at radius 3 is 2.27 bits per heavy atom. The number of hydrogen-bond acceptors (Lipinski definition) is 1. The monoisotopic (exact) mass is 222 g/mol. The molecule has 1 aromatic carbocycles. The number of alkyl halides is 1. The van der Waals surface area contributed by atoms with E-state index >= 15 is 0 Å². The lowest BCUT2D eigenvalue weighted by atomic mass is 10.1. The Labute approximate surface area is 82.1 Å². The van der Waals surface area contributed by atoms with E-state index in [1.807, 2.05) is 0 Å². The number of aliphatic carboxylic acids is 1. The molecule has 0 aromatic heterocycles. The number of carboxylic acid groups (broad SMARTS) is 1. The van der Waals surface area contributed by atoms with Gasteiger partial charge in [-0.05, 0) is 11.6 Å². The highest BCUT2D eigenvalue weighted by molar-refractivity contribution is 5.72. The molecule has 82 valence electrons. The summed E-state index contributed by atoms with van der Waals surface area (Å²) < 4.78 is 50.6. The highest BCUT2D eigenvalue weighted by Gasteiger charge is 2.19. The van der Waals surface area contributed by atoms with Crippen LogP contribution in [0.15, 0.2) is 12.1 Å². The number of hydrogen-bond donors (Lipinski definition) is 1. The summed E-state index contributed by atoms with van der Waals surface area (Å²) >= 11 is 0. The molecule has 1 N–H and O–H groups in total. The maximum Gasteiger partial charge on any atom is 0.338 e. The van der Waals surface area contributed by atoms with Crippen LogP contribution in [0.25, 0.3) is 0 Å². The second-order valence-corrected chi connectivity index (χ2v) is 2.87. The van der Waals surface area contributed by atoms with Crippen molar-refractivity contribution < 1.29 is 27.5 Å². The van der Waals surface area contributed by atoms with Gasteiger partial charge in [0.1, 0.15) is 5.82 Å². The predicted molar refractivity (Wildman–Crippen MR) is 42.6 cm³/mol. The van der Waals surface area contributed by atoms with Crippen molar-refractivity contribution in [3.63, 3.8) is 0 Å². The van der Waals surface area contributed by atoms with E-state index in [1.54, 1.807) is 0 Å². The van der Waals surface area contributed by atoms with Crippen molar-refractivity contribution in [2.75, 3.05) is 0 Å². The van der Waals surface area contributed by atoms with Crippen LogP contribution < -0.4 is 0 Å². The van der Waals surface area contributed by atoms with Gasteiger partial charge in [-0.3, -0.25) is 0 Å². The first-order valence-corrected chi connectivity index (χ1v) is 3.92. The van der Waals surface area contributed by atoms with Crippen molar-refractivity contribution >= 4 is 5.97 Å². The topological polar surface area (TPSA) is 37.3 Å². The number of halogens is 4. The van der Waals surface area contributed by atoms with Crippen molar-refractivity contribution in [1.29, 1.82) is 0 Å². The zero-order valence-electron chi connectivity index (χ0n) is 7.31. The molecule has 0 saturated heterocycles. The zero-order valence-corrected chi connectivity index (χ0v) is 7.31. The van der Waals surface area contributed by atoms with Crippen molar-refractivity contribution in [2.24, 2.45) is 0 Å². The first-order chi connectivity index (χ1) is 6.91. The maximum atomic E-state index is 12.9. The quantitative estimate of drug-likeness (QED) is 0.627. The number of carboxylic acids is 1. The zero-order chi connectivity index (χ0) is 11.6. The van der Waals surface area contributed by atoms with Gasteiger partial charge >= 0.3 is 5.97 Å². The molecule has 1 aromatic rings. The second-order valence-electron chi connectivity index (χ2n) is 2.87. The standard InChI is InChI=1S/C9H6F4O2/c10-5-3-7(12)6(11)1-4(5)2-8(13)9(14)15/h1,3,8H,2H2,(H,14,15)/t8-/m0/s1. The van der Waals surface area contributed by atoms with Gasteiger partial charge in [0.2, 0.25) is 6.17 Å². The lowest BCUT2D eigenvalue weighted by Gasteiger charge is -2.05. The Morgan fingerprint density at radius 2 is 1.73 bits per heavy atom. The molecule has 1 atom stereocenters. The summed E-state index contributed by atoms with van der Waals surface area (Å²) in [6.45, 7) is 0. The van der Waals surface area contributed by atoms with E-state index in [-0.39, 0.29) is 6.07 Å². The fourth-order valence-electron chi connectivity index (χ4n) is 1.00. The fourth-order valence-corrected chi connectivity index (χ4v) is 1.00. The maximum absolute atomic E-state index is 12.9. The van der Waals surface area contributed by atoms with E-state index in [1.165, 1.54) is 0 Å². The van der Waals surface area contributed by atoms with E-state index in [9.17, 15) is 22.4 Å². The summed E-state index contributed by atoms with van der Waals surface area (Å²) in [5.41, 5.74) is -0.510. The first kappa shape index (κ1) is 11.5. The molecule has 1 rings (SSSR count). The second kappa shape index (κ2) is 4.29. The molecule has 0 aliphatic rings. The summed E-state index contributed by atoms with van der Waals surface area (Å²) in [5, 5.41) is 8.19. The lowest BCUT2D eigenvalue weighted by Crippen LogP contribution is -2.18. The molecule has 0 aliphatic carbocycles. The van der Waals surface area contributed by atoms with Crippen molar-refractivity contribution in [3.05, 3.63) is 35.1 Å². The van der Waals surface area contributed by atoms with E-state index in [0.717, 1.165) is 0 Å². The molecule has 2 nitrogen and oxygen atoms in total. The highest BCUT2D eigenvalue weighted by Crippen LogP contribution is 2.16. The van der Waals surface area contributed by atoms with Crippen molar-refractivity contribution in [1.82, 2.24) is 0 Å². The third kappa shape index (κ3) is 2.68. The van der Waals surface area contributed by atoms with Crippen LogP contribution in [0.2, 0.25) is 0 Å². The lowest BCUT2D eigenvalue weighted by molar-refractivity contribution is -0.142. The molecule has 0 saturated carbocycles. The molecular weight excluding hydrogens is 216 g/mol. The number of carbonyl (C=O) groups is 1. The van der Waals surface area contributed by atoms with Crippen LogP contribution >= 0.6 is 0 Å². The molecule has 15 heavy (non-hydrogen) atoms. The normalized spacial score (nSPS) is 12.5. The van der Waals surface area contributed by atoms with Crippen molar-refractivity contribution in [2.45, 2.75) is 12.6 Å². The van der Waals surface area contributed by atoms with Gasteiger partial charge in [-0.1, -0.05) is 0 Å². The molecular formula is C9H6F4O2. The Hall–Kier alpha value is -1.59. The fraction of sp³-hybridized carbons (Fsp3) is 0.222. The highest BCUT2D eigenvalue weighted by atomic mass is 19.2. The van der Waals surface area contributed by atoms with Crippen LogP contribution in [0.4, 0.5) is 17.6 Å². The third-order valence-electron chi connectivity index (χ3n) is 1.76. The van der Waals surface area contributed by atoms with Crippen LogP contribution in [0.5, 0.6) is 0 Å². The van der Waals surface area contributed by atoms with E-state index in [2.05, 4.69) is 0 Å². The Morgan fingerprint density at radius 1 is 1.20 bits per heavy atom. The van der Waals surface area contributed by atoms with Gasteiger partial charge in [0, 0.05) is 12.5 Å². The van der Waals surface area contributed by atoms with Gasteiger partial charge in [-0.2, -0.15) is 0 Å². The summed E-state index contributed by atoms with van der Waals surface area (Å²) in [5.74, 6) is -5.69. The number of rotatable bonds is 3. The summed E-state index contributed by atoms with van der Waals surface area (Å²) in [4.78, 5) is 10.1. The minimum Gasteiger partial charge on any atom is -0.479 e. The van der Waals surface area contributed by atoms with Crippen LogP contribution in [0.1, 0.15) is 5.56 Å². The van der Waals surface area contributed by atoms with Crippen LogP contribution in [0, 0.1) is 17.5 Å². The molecule has 0 unspecified atom stereocenters. The predicted octanol–water partition coefficient (Wildman–Crippen LogP) is 2.07. The SMILES string of the molecule is O=C(O)[C@@H](F)Cc1cc(F)c(F)cc1F. The average molecular weight is 222 g/mol. The van der Waals surface area contributed by atoms with Gasteiger partial charge in [-0.25, -0.2) is 22.4 Å². The summed E-state index contributed by atoms with van der Waals surface area (Å²) in [6, 6.07) is 0.694. The molecule has 0 spiro atoms. The van der Waals surface area contributed by atoms with Gasteiger partial charge in [0.05, 0.1) is 0 Å². The Bertz CT molecular complexity index is 392. The largest absolute Gasteiger partial charge is 0.479 e. The molecule has 0 bridgehead atoms. The van der Waals surface area contributed by atoms with Gasteiger partial charge in [0.15, 0.2) is 11.6 Å². The summed E-state index contributed by atoms with van der Waals surface area (Å²) in [7, 11) is 0. The van der Waals surface area contributed by atoms with Crippen molar-refractivity contribution in [3.8, 4) is 0 Å². The van der Waals surface area contributed by atoms with Crippen LogP contribution in [0.3, 0.4) is 0 Å². The van der Waals surface area contributed by atoms with E-state index in [0.29, 0.717) is 6.07 Å². The van der Waals surface area contributed by atoms with E-state index in [4.69, 9.17) is 5.11 Å². The average Bonchev–Trinajstić information content (AvgIpc) is 2.13. The third-order valence-corrected chi connectivity index (χ3v) is 1.76. The minimum absolute atomic E-state index is 0.249. The Kier molecular flexibility index (Phi) is 3.28. The van der Waals surface area contributed by atoms with Gasteiger partial charge < -0.3 is 5.11 Å². The minimum atomic E-state index is -2.34. The first-order valence-electron chi connectivity index (χ1n) is 3.92. The molecule has 0 radical (unpaired) electrons. The molecule has 6 heteroatoms. The molecule has 0 amide bonds. The van der Waals surface area contributed by atoms with Crippen LogP contribution in [-0.2, 0) is 11.2 Å². The van der Waals surface area contributed by atoms with Gasteiger partial charge in [0.25, 0.3) is 0 Å². The van der Waals surface area contributed by atoms with Gasteiger partial charge in [-0.15, -0.1) is 0 Å². The molecule has 0 fully saturated rings.